The minimum atomic E-state index is 0.112. The second kappa shape index (κ2) is 11.9. The van der Waals surface area contributed by atoms with E-state index in [9.17, 15) is 0 Å². The summed E-state index contributed by atoms with van der Waals surface area (Å²) in [6.45, 7) is 3.39. The Morgan fingerprint density at radius 2 is 2.00 bits per heavy atom. The molecule has 4 nitrogen and oxygen atoms in total. The largest absolute Gasteiger partial charge is 0.395 e. The molecule has 0 spiro atoms. The normalized spacial score (nSPS) is 10.3. The lowest BCUT2D eigenvalue weighted by molar-refractivity contribution is 0.0488. The molecule has 0 aliphatic heterocycles. The first kappa shape index (κ1) is 17.2. The van der Waals surface area contributed by atoms with Crippen LogP contribution in [0.15, 0.2) is 12.1 Å². The fourth-order valence-electron chi connectivity index (χ4n) is 1.41. The summed E-state index contributed by atoms with van der Waals surface area (Å²) in [4.78, 5) is 2.18. The maximum Gasteiger partial charge on any atom is 0.0809 e. The van der Waals surface area contributed by atoms with Gasteiger partial charge in [-0.3, -0.25) is 0 Å². The van der Waals surface area contributed by atoms with Crippen molar-refractivity contribution >= 4 is 11.3 Å². The molecule has 20 heavy (non-hydrogen) atoms. The van der Waals surface area contributed by atoms with Gasteiger partial charge in [-0.15, -0.1) is 11.3 Å². The highest BCUT2D eigenvalue weighted by molar-refractivity contribution is 7.12. The van der Waals surface area contributed by atoms with E-state index in [4.69, 9.17) is 19.3 Å². The minimum absolute atomic E-state index is 0.112. The van der Waals surface area contributed by atoms with Gasteiger partial charge in [0, 0.05) is 31.6 Å². The number of ether oxygens (including phenoxy) is 3. The van der Waals surface area contributed by atoms with E-state index in [1.54, 1.807) is 18.4 Å². The fraction of sp³-hybridized carbons (Fsp3) is 0.600. The Bertz CT molecular complexity index is 405. The zero-order valence-electron chi connectivity index (χ0n) is 11.9. The van der Waals surface area contributed by atoms with Gasteiger partial charge in [-0.25, -0.2) is 0 Å². The van der Waals surface area contributed by atoms with Gasteiger partial charge in [0.25, 0.3) is 0 Å². The molecule has 0 saturated carbocycles. The third-order valence-electron chi connectivity index (χ3n) is 2.36. The van der Waals surface area contributed by atoms with Crippen LogP contribution in [0.3, 0.4) is 0 Å². The molecule has 0 saturated heterocycles. The Kier molecular flexibility index (Phi) is 10.2. The molecular weight excluding hydrogens is 276 g/mol. The van der Waals surface area contributed by atoms with Gasteiger partial charge in [0.15, 0.2) is 0 Å². The predicted molar refractivity (Wildman–Crippen MR) is 79.9 cm³/mol. The molecule has 1 heterocycles. The summed E-state index contributed by atoms with van der Waals surface area (Å²) < 4.78 is 15.8. The van der Waals surface area contributed by atoms with E-state index >= 15 is 0 Å². The lowest BCUT2D eigenvalue weighted by atomic mass is 10.4. The SMILES string of the molecule is COCCOCCCOCc1ccc(C#CCCO)s1. The molecule has 5 heteroatoms. The van der Waals surface area contributed by atoms with Crippen molar-refractivity contribution in [2.24, 2.45) is 0 Å². The van der Waals surface area contributed by atoms with Crippen LogP contribution in [0.2, 0.25) is 0 Å². The Morgan fingerprint density at radius 3 is 2.80 bits per heavy atom. The van der Waals surface area contributed by atoms with Crippen LogP contribution < -0.4 is 0 Å². The zero-order chi connectivity index (χ0) is 14.5. The topological polar surface area (TPSA) is 47.9 Å². The zero-order valence-corrected chi connectivity index (χ0v) is 12.7. The van der Waals surface area contributed by atoms with E-state index in [-0.39, 0.29) is 6.61 Å². The highest BCUT2D eigenvalue weighted by Gasteiger charge is 1.98. The second-order valence-corrected chi connectivity index (χ2v) is 5.22. The molecule has 112 valence electrons. The smallest absolute Gasteiger partial charge is 0.0809 e. The number of thiophene rings is 1. The molecule has 0 aliphatic carbocycles. The summed E-state index contributed by atoms with van der Waals surface area (Å²) in [5, 5.41) is 8.65. The first-order valence-electron chi connectivity index (χ1n) is 6.69. The van der Waals surface area contributed by atoms with Gasteiger partial charge in [0.1, 0.15) is 0 Å². The summed E-state index contributed by atoms with van der Waals surface area (Å²) in [5.74, 6) is 5.93. The van der Waals surface area contributed by atoms with E-state index < -0.39 is 0 Å². The first-order chi connectivity index (χ1) is 9.86. The number of aliphatic hydroxyl groups excluding tert-OH is 1. The molecule has 1 rings (SSSR count). The van der Waals surface area contributed by atoms with E-state index in [1.807, 2.05) is 12.1 Å². The van der Waals surface area contributed by atoms with Crippen molar-refractivity contribution in [2.75, 3.05) is 40.1 Å². The summed E-state index contributed by atoms with van der Waals surface area (Å²) in [5.41, 5.74) is 0. The van der Waals surface area contributed by atoms with Crippen molar-refractivity contribution in [1.82, 2.24) is 0 Å². The van der Waals surface area contributed by atoms with Crippen LogP contribution in [0.4, 0.5) is 0 Å². The van der Waals surface area contributed by atoms with E-state index in [2.05, 4.69) is 11.8 Å². The van der Waals surface area contributed by atoms with Crippen molar-refractivity contribution in [3.05, 3.63) is 21.9 Å². The molecule has 0 atom stereocenters. The maximum atomic E-state index is 8.65. The van der Waals surface area contributed by atoms with Gasteiger partial charge in [0.05, 0.1) is 31.3 Å². The van der Waals surface area contributed by atoms with Gasteiger partial charge >= 0.3 is 0 Å². The number of hydrogen-bond donors (Lipinski definition) is 1. The molecule has 0 fully saturated rings. The number of rotatable bonds is 10. The lowest BCUT2D eigenvalue weighted by Crippen LogP contribution is -2.05. The minimum Gasteiger partial charge on any atom is -0.395 e. The first-order valence-corrected chi connectivity index (χ1v) is 7.51. The van der Waals surface area contributed by atoms with E-state index in [0.29, 0.717) is 39.5 Å². The number of hydrogen-bond acceptors (Lipinski definition) is 5. The highest BCUT2D eigenvalue weighted by Crippen LogP contribution is 2.16. The van der Waals surface area contributed by atoms with Gasteiger partial charge in [0.2, 0.25) is 0 Å². The van der Waals surface area contributed by atoms with Crippen molar-refractivity contribution in [1.29, 1.82) is 0 Å². The van der Waals surface area contributed by atoms with Gasteiger partial charge in [-0.05, 0) is 18.6 Å². The molecule has 0 amide bonds. The van der Waals surface area contributed by atoms with E-state index in [0.717, 1.165) is 11.3 Å². The third kappa shape index (κ3) is 8.31. The Balaban J connectivity index is 2.06. The standard InChI is InChI=1S/C15H22O4S/c1-17-11-12-18-9-4-10-19-13-15-7-6-14(20-15)5-2-3-8-16/h6-7,16H,3-4,8-13H2,1H3. The van der Waals surface area contributed by atoms with E-state index in [1.165, 1.54) is 4.88 Å². The molecule has 0 bridgehead atoms. The molecule has 1 N–H and O–H groups in total. The molecule has 0 radical (unpaired) electrons. The highest BCUT2D eigenvalue weighted by atomic mass is 32.1. The number of methoxy groups -OCH3 is 1. The van der Waals surface area contributed by atoms with Gasteiger partial charge < -0.3 is 19.3 Å². The summed E-state index contributed by atoms with van der Waals surface area (Å²) in [7, 11) is 1.66. The molecule has 1 aromatic rings. The Hall–Kier alpha value is -0.900. The van der Waals surface area contributed by atoms with Crippen LogP contribution in [0.5, 0.6) is 0 Å². The monoisotopic (exact) mass is 298 g/mol. The van der Waals surface area contributed by atoms with Crippen LogP contribution in [0, 0.1) is 11.8 Å². The predicted octanol–water partition coefficient (Wildman–Crippen LogP) is 2.05. The van der Waals surface area contributed by atoms with Crippen LogP contribution in [-0.4, -0.2) is 45.3 Å². The molecule has 0 aromatic carbocycles. The van der Waals surface area contributed by atoms with Gasteiger partial charge in [-0.2, -0.15) is 0 Å². The maximum absolute atomic E-state index is 8.65. The summed E-state index contributed by atoms with van der Waals surface area (Å²) in [6.07, 6.45) is 1.41. The number of aliphatic hydroxyl groups is 1. The summed E-state index contributed by atoms with van der Waals surface area (Å²) >= 11 is 1.63. The summed E-state index contributed by atoms with van der Waals surface area (Å²) in [6, 6.07) is 4.02. The molecular formula is C15H22O4S. The molecule has 0 unspecified atom stereocenters. The van der Waals surface area contributed by atoms with Crippen molar-refractivity contribution in [3.63, 3.8) is 0 Å². The van der Waals surface area contributed by atoms with Crippen molar-refractivity contribution in [2.45, 2.75) is 19.4 Å². The van der Waals surface area contributed by atoms with Crippen LogP contribution in [0.1, 0.15) is 22.6 Å². The lowest BCUT2D eigenvalue weighted by Gasteiger charge is -2.04. The average molecular weight is 298 g/mol. The van der Waals surface area contributed by atoms with Crippen molar-refractivity contribution in [3.8, 4) is 11.8 Å². The van der Waals surface area contributed by atoms with Crippen LogP contribution >= 0.6 is 11.3 Å². The van der Waals surface area contributed by atoms with Crippen LogP contribution in [0.25, 0.3) is 0 Å². The fourth-order valence-corrected chi connectivity index (χ4v) is 2.23. The van der Waals surface area contributed by atoms with Gasteiger partial charge in [-0.1, -0.05) is 11.8 Å². The Morgan fingerprint density at radius 1 is 1.15 bits per heavy atom. The van der Waals surface area contributed by atoms with Crippen LogP contribution in [-0.2, 0) is 20.8 Å². The Labute approximate surface area is 124 Å². The molecule has 0 aliphatic rings. The molecule has 1 aromatic heterocycles. The second-order valence-electron chi connectivity index (χ2n) is 4.05. The van der Waals surface area contributed by atoms with Crippen molar-refractivity contribution < 1.29 is 19.3 Å². The quantitative estimate of drug-likeness (QED) is 0.530. The average Bonchev–Trinajstić information content (AvgIpc) is 2.90. The third-order valence-corrected chi connectivity index (χ3v) is 3.34.